The monoisotopic (exact) mass is 266 g/mol. The molecule has 0 unspecified atom stereocenters. The third kappa shape index (κ3) is 2.18. The van der Waals surface area contributed by atoms with E-state index in [1.165, 1.54) is 0 Å². The number of fused-ring (bicyclic) bond motifs is 2. The van der Waals surface area contributed by atoms with Gasteiger partial charge in [0.25, 0.3) is 0 Å². The van der Waals surface area contributed by atoms with E-state index in [0.29, 0.717) is 11.5 Å². The standard InChI is InChI=1S/C7H10N2O7S/c10-6(11)5-2-1-4-3-8(5)7(12)9(4)16-17(13,14)15/h4-5H,1-3H2,(H,10,11)(H,13,14,15)/t4-,5-/m1/s1. The number of aliphatic carboxylic acids is 1. The van der Waals surface area contributed by atoms with E-state index in [0.717, 1.165) is 4.90 Å². The van der Waals surface area contributed by atoms with Crippen LogP contribution in [-0.4, -0.2) is 58.7 Å². The second-order valence-electron chi connectivity index (χ2n) is 3.85. The molecule has 10 heteroatoms. The Balaban J connectivity index is 2.20. The third-order valence-electron chi connectivity index (χ3n) is 2.78. The molecule has 0 aromatic heterocycles. The number of hydroxylamine groups is 2. The van der Waals surface area contributed by atoms with Crippen molar-refractivity contribution in [1.29, 1.82) is 0 Å². The van der Waals surface area contributed by atoms with Crippen molar-refractivity contribution in [3.05, 3.63) is 0 Å². The lowest BCUT2D eigenvalue weighted by Gasteiger charge is -2.26. The van der Waals surface area contributed by atoms with Crippen LogP contribution in [0.4, 0.5) is 4.79 Å². The van der Waals surface area contributed by atoms with Crippen LogP contribution in [-0.2, 0) is 19.5 Å². The van der Waals surface area contributed by atoms with Crippen LogP contribution in [0.3, 0.4) is 0 Å². The fraction of sp³-hybridized carbons (Fsp3) is 0.714. The van der Waals surface area contributed by atoms with E-state index in [9.17, 15) is 18.0 Å². The number of carboxylic acids is 1. The quantitative estimate of drug-likeness (QED) is 0.632. The first-order valence-electron chi connectivity index (χ1n) is 4.79. The Morgan fingerprint density at radius 1 is 1.41 bits per heavy atom. The van der Waals surface area contributed by atoms with Crippen molar-refractivity contribution >= 4 is 22.4 Å². The summed E-state index contributed by atoms with van der Waals surface area (Å²) >= 11 is 0. The van der Waals surface area contributed by atoms with Crippen LogP contribution in [0.2, 0.25) is 0 Å². The fourth-order valence-electron chi connectivity index (χ4n) is 2.09. The van der Waals surface area contributed by atoms with Gasteiger partial charge in [-0.1, -0.05) is 0 Å². The number of hydrogen-bond donors (Lipinski definition) is 2. The molecule has 0 aromatic rings. The number of hydrogen-bond acceptors (Lipinski definition) is 5. The van der Waals surface area contributed by atoms with Crippen molar-refractivity contribution in [3.63, 3.8) is 0 Å². The molecular formula is C7H10N2O7S. The lowest BCUT2D eigenvalue weighted by Crippen LogP contribution is -2.44. The zero-order valence-corrected chi connectivity index (χ0v) is 9.33. The number of amides is 2. The highest BCUT2D eigenvalue weighted by Gasteiger charge is 2.49. The molecule has 2 bridgehead atoms. The Labute approximate surface area is 96.5 Å². The Bertz CT molecular complexity index is 461. The molecule has 0 spiro atoms. The highest BCUT2D eigenvalue weighted by atomic mass is 32.3. The van der Waals surface area contributed by atoms with Crippen LogP contribution >= 0.6 is 0 Å². The molecule has 96 valence electrons. The molecule has 0 radical (unpaired) electrons. The summed E-state index contributed by atoms with van der Waals surface area (Å²) in [5, 5.41) is 9.39. The number of carbonyl (C=O) groups excluding carboxylic acids is 1. The Morgan fingerprint density at radius 2 is 2.06 bits per heavy atom. The molecule has 2 amide bonds. The van der Waals surface area contributed by atoms with Crippen molar-refractivity contribution in [3.8, 4) is 0 Å². The van der Waals surface area contributed by atoms with Gasteiger partial charge < -0.3 is 10.0 Å². The second-order valence-corrected chi connectivity index (χ2v) is 4.85. The molecule has 2 heterocycles. The average Bonchev–Trinajstić information content (AvgIpc) is 2.42. The number of urea groups is 1. The summed E-state index contributed by atoms with van der Waals surface area (Å²) in [5.41, 5.74) is 0. The van der Waals surface area contributed by atoms with Crippen LogP contribution in [0.1, 0.15) is 12.8 Å². The van der Waals surface area contributed by atoms with Gasteiger partial charge in [-0.05, 0) is 12.8 Å². The lowest BCUT2D eigenvalue weighted by molar-refractivity contribution is -0.142. The van der Waals surface area contributed by atoms with Crippen molar-refractivity contribution in [2.45, 2.75) is 24.9 Å². The number of nitrogens with zero attached hydrogens (tertiary/aromatic N) is 2. The third-order valence-corrected chi connectivity index (χ3v) is 3.13. The summed E-state index contributed by atoms with van der Waals surface area (Å²) in [4.78, 5) is 23.5. The number of rotatable bonds is 3. The molecule has 2 rings (SSSR count). The number of carboxylic acid groups (broad SMARTS) is 1. The molecule has 0 saturated carbocycles. The summed E-state index contributed by atoms with van der Waals surface area (Å²) in [6.45, 7) is 0.0747. The first kappa shape index (κ1) is 12.1. The van der Waals surface area contributed by atoms with E-state index in [2.05, 4.69) is 4.28 Å². The first-order chi connectivity index (χ1) is 7.79. The summed E-state index contributed by atoms with van der Waals surface area (Å²) in [6, 6.07) is -2.40. The van der Waals surface area contributed by atoms with Crippen molar-refractivity contribution in [2.24, 2.45) is 0 Å². The molecule has 2 aliphatic heterocycles. The van der Waals surface area contributed by atoms with Crippen LogP contribution in [0.5, 0.6) is 0 Å². The smallest absolute Gasteiger partial charge is 0.418 e. The van der Waals surface area contributed by atoms with Crippen molar-refractivity contribution in [2.75, 3.05) is 6.54 Å². The highest BCUT2D eigenvalue weighted by molar-refractivity contribution is 7.80. The maximum atomic E-state index is 11.7. The Hall–Kier alpha value is -1.39. The Kier molecular flexibility index (Phi) is 2.72. The zero-order valence-electron chi connectivity index (χ0n) is 8.51. The van der Waals surface area contributed by atoms with Gasteiger partial charge in [0.15, 0.2) is 0 Å². The van der Waals surface area contributed by atoms with Gasteiger partial charge in [-0.15, -0.1) is 4.28 Å². The molecule has 2 N–H and O–H groups in total. The minimum atomic E-state index is -4.79. The van der Waals surface area contributed by atoms with E-state index in [1.54, 1.807) is 0 Å². The van der Waals surface area contributed by atoms with Gasteiger partial charge in [0.05, 0.1) is 6.04 Å². The van der Waals surface area contributed by atoms with E-state index in [1.807, 2.05) is 0 Å². The minimum Gasteiger partial charge on any atom is -0.480 e. The molecule has 0 aliphatic carbocycles. The first-order valence-corrected chi connectivity index (χ1v) is 6.16. The molecule has 9 nitrogen and oxygen atoms in total. The largest absolute Gasteiger partial charge is 0.480 e. The lowest BCUT2D eigenvalue weighted by atomic mass is 10.0. The zero-order chi connectivity index (χ0) is 12.8. The topological polar surface area (TPSA) is 124 Å². The van der Waals surface area contributed by atoms with E-state index < -0.39 is 34.5 Å². The van der Waals surface area contributed by atoms with Crippen LogP contribution in [0.15, 0.2) is 0 Å². The van der Waals surface area contributed by atoms with Gasteiger partial charge >= 0.3 is 22.4 Å². The van der Waals surface area contributed by atoms with Gasteiger partial charge in [0.1, 0.15) is 6.04 Å². The molecule has 17 heavy (non-hydrogen) atoms. The van der Waals surface area contributed by atoms with E-state index in [-0.39, 0.29) is 13.0 Å². The van der Waals surface area contributed by atoms with Gasteiger partial charge in [0.2, 0.25) is 0 Å². The average molecular weight is 266 g/mol. The predicted octanol–water partition coefficient (Wildman–Crippen LogP) is -0.926. The summed E-state index contributed by atoms with van der Waals surface area (Å²) in [7, 11) is -4.79. The van der Waals surface area contributed by atoms with Gasteiger partial charge in [-0.25, -0.2) is 9.59 Å². The molecular weight excluding hydrogens is 256 g/mol. The summed E-state index contributed by atoms with van der Waals surface area (Å²) < 4.78 is 33.7. The predicted molar refractivity (Wildman–Crippen MR) is 51.0 cm³/mol. The molecule has 2 saturated heterocycles. The Morgan fingerprint density at radius 3 is 2.59 bits per heavy atom. The number of piperidine rings is 1. The van der Waals surface area contributed by atoms with Gasteiger partial charge in [0, 0.05) is 6.54 Å². The maximum absolute atomic E-state index is 11.7. The summed E-state index contributed by atoms with van der Waals surface area (Å²) in [6.07, 6.45) is 0.520. The van der Waals surface area contributed by atoms with Crippen LogP contribution in [0.25, 0.3) is 0 Å². The van der Waals surface area contributed by atoms with E-state index in [4.69, 9.17) is 9.66 Å². The summed E-state index contributed by atoms with van der Waals surface area (Å²) in [5.74, 6) is -1.15. The molecule has 2 fully saturated rings. The minimum absolute atomic E-state index is 0.0747. The normalized spacial score (nSPS) is 28.6. The van der Waals surface area contributed by atoms with E-state index >= 15 is 0 Å². The molecule has 2 aliphatic rings. The maximum Gasteiger partial charge on any atom is 0.418 e. The van der Waals surface area contributed by atoms with Crippen molar-refractivity contribution in [1.82, 2.24) is 9.96 Å². The fourth-order valence-corrected chi connectivity index (χ4v) is 2.48. The SMILES string of the molecule is O=C(O)[C@H]1CC[C@@H]2CN1C(=O)N2OS(=O)(=O)O. The van der Waals surface area contributed by atoms with Gasteiger partial charge in [-0.3, -0.25) is 4.55 Å². The van der Waals surface area contributed by atoms with Crippen molar-refractivity contribution < 1.29 is 31.9 Å². The highest BCUT2D eigenvalue weighted by Crippen LogP contribution is 2.30. The number of carbonyl (C=O) groups is 2. The van der Waals surface area contributed by atoms with Crippen LogP contribution in [0, 0.1) is 0 Å². The van der Waals surface area contributed by atoms with Crippen LogP contribution < -0.4 is 0 Å². The van der Waals surface area contributed by atoms with Gasteiger partial charge in [-0.2, -0.15) is 13.5 Å². The molecule has 0 aromatic carbocycles. The second kappa shape index (κ2) is 3.82. The molecule has 2 atom stereocenters.